The van der Waals surface area contributed by atoms with Gasteiger partial charge < -0.3 is 20.7 Å². The van der Waals surface area contributed by atoms with E-state index < -0.39 is 24.8 Å². The molecule has 0 atom stereocenters. The number of halogens is 2. The van der Waals surface area contributed by atoms with E-state index >= 15 is 0 Å². The Morgan fingerprint density at radius 3 is 2.50 bits per heavy atom. The lowest BCUT2D eigenvalue weighted by molar-refractivity contribution is 0.0603. The van der Waals surface area contributed by atoms with E-state index in [-0.39, 0.29) is 21.1 Å². The molecule has 0 saturated carbocycles. The lowest BCUT2D eigenvalue weighted by Gasteiger charge is -2.08. The van der Waals surface area contributed by atoms with Gasteiger partial charge in [-0.1, -0.05) is 0 Å². The molecule has 0 aliphatic heterocycles. The van der Waals surface area contributed by atoms with Crippen molar-refractivity contribution < 1.29 is 23.1 Å². The summed E-state index contributed by atoms with van der Waals surface area (Å²) in [7, 11) is 4.18. The maximum atomic E-state index is 12.2. The highest BCUT2D eigenvalue weighted by Crippen LogP contribution is 2.36. The molecule has 0 fully saturated rings. The minimum Gasteiger partial charge on any atom is -0.465 e. The summed E-state index contributed by atoms with van der Waals surface area (Å²) in [5.41, 5.74) is 5.59. The molecule has 1 heterocycles. The predicted molar refractivity (Wildman–Crippen MR) is 72.6 cm³/mol. The highest BCUT2D eigenvalue weighted by Gasteiger charge is 2.27. The number of amides is 1. The molecule has 0 unspecified atom stereocenters. The third-order valence-corrected chi connectivity index (χ3v) is 3.50. The smallest absolute Gasteiger partial charge is 0.343 e. The zero-order valence-electron chi connectivity index (χ0n) is 11.2. The molecule has 0 aliphatic rings. The second kappa shape index (κ2) is 6.51. The summed E-state index contributed by atoms with van der Waals surface area (Å²) < 4.78 is 29.1. The molecule has 6 nitrogen and oxygen atoms in total. The minimum absolute atomic E-state index is 0.0719. The van der Waals surface area contributed by atoms with E-state index in [4.69, 9.17) is 5.73 Å². The first-order valence-corrected chi connectivity index (χ1v) is 6.35. The number of anilines is 2. The van der Waals surface area contributed by atoms with Crippen molar-refractivity contribution in [3.8, 4) is 0 Å². The van der Waals surface area contributed by atoms with Crippen LogP contribution in [0.2, 0.25) is 0 Å². The molecule has 0 radical (unpaired) electrons. The first kappa shape index (κ1) is 16.2. The van der Waals surface area contributed by atoms with Crippen LogP contribution in [0.4, 0.5) is 19.5 Å². The van der Waals surface area contributed by atoms with Crippen molar-refractivity contribution in [3.05, 3.63) is 10.4 Å². The number of carbonyl (C=O) groups excluding carboxylic acids is 2. The van der Waals surface area contributed by atoms with Gasteiger partial charge in [0.05, 0.1) is 19.3 Å². The number of hydrogen-bond acceptors (Lipinski definition) is 6. The Morgan fingerprint density at radius 1 is 1.45 bits per heavy atom. The number of esters is 1. The van der Waals surface area contributed by atoms with Gasteiger partial charge in [0.15, 0.2) is 0 Å². The van der Waals surface area contributed by atoms with Gasteiger partial charge in [-0.3, -0.25) is 4.79 Å². The van der Waals surface area contributed by atoms with Crippen molar-refractivity contribution in [2.24, 2.45) is 0 Å². The summed E-state index contributed by atoms with van der Waals surface area (Å²) >= 11 is 0.847. The Morgan fingerprint density at radius 2 is 2.05 bits per heavy atom. The minimum atomic E-state index is -2.60. The van der Waals surface area contributed by atoms with Crippen LogP contribution in [-0.2, 0) is 4.74 Å². The fraction of sp³-hybridized carbons (Fsp3) is 0.455. The summed E-state index contributed by atoms with van der Waals surface area (Å²) in [5.74, 6) is -1.20. The van der Waals surface area contributed by atoms with E-state index in [1.54, 1.807) is 0 Å². The van der Waals surface area contributed by atoms with Gasteiger partial charge in [0.1, 0.15) is 15.4 Å². The number of nitrogen functional groups attached to an aromatic ring is 1. The van der Waals surface area contributed by atoms with Crippen LogP contribution in [0, 0.1) is 0 Å². The fourth-order valence-electron chi connectivity index (χ4n) is 1.40. The molecule has 112 valence electrons. The van der Waals surface area contributed by atoms with Crippen LogP contribution in [0.5, 0.6) is 0 Å². The largest absolute Gasteiger partial charge is 0.465 e. The molecule has 1 aromatic heterocycles. The van der Waals surface area contributed by atoms with Crippen molar-refractivity contribution in [1.29, 1.82) is 0 Å². The number of alkyl halides is 2. The van der Waals surface area contributed by atoms with Crippen molar-refractivity contribution in [2.45, 2.75) is 6.43 Å². The number of ether oxygens (including phenoxy) is 1. The topological polar surface area (TPSA) is 84.7 Å². The monoisotopic (exact) mass is 307 g/mol. The Labute approximate surface area is 118 Å². The first-order valence-electron chi connectivity index (χ1n) is 5.53. The molecule has 20 heavy (non-hydrogen) atoms. The summed E-state index contributed by atoms with van der Waals surface area (Å²) in [4.78, 5) is 24.9. The quantitative estimate of drug-likeness (QED) is 0.805. The van der Waals surface area contributed by atoms with Crippen LogP contribution in [0.3, 0.4) is 0 Å². The van der Waals surface area contributed by atoms with E-state index in [2.05, 4.69) is 10.1 Å². The Bertz CT molecular complexity index is 517. The number of rotatable bonds is 5. The molecule has 1 aromatic rings. The normalized spacial score (nSPS) is 10.5. The molecule has 1 rings (SSSR count). The molecule has 9 heteroatoms. The van der Waals surface area contributed by atoms with E-state index in [1.165, 1.54) is 19.0 Å². The van der Waals surface area contributed by atoms with Crippen molar-refractivity contribution in [3.63, 3.8) is 0 Å². The standard InChI is InChI=1S/C11H15F2N3O3S/c1-16(2)10(17)8-7(14)6(11(18)19-3)9(20-8)15-4-5(12)13/h5,15H,4,14H2,1-3H3. The van der Waals surface area contributed by atoms with E-state index in [1.807, 2.05) is 0 Å². The summed E-state index contributed by atoms with van der Waals surface area (Å²) in [6.45, 7) is -0.653. The Hall–Kier alpha value is -1.90. The maximum absolute atomic E-state index is 12.2. The molecule has 0 saturated heterocycles. The van der Waals surface area contributed by atoms with Crippen molar-refractivity contribution in [2.75, 3.05) is 38.8 Å². The van der Waals surface area contributed by atoms with E-state index in [9.17, 15) is 18.4 Å². The highest BCUT2D eigenvalue weighted by atomic mass is 32.1. The number of methoxy groups -OCH3 is 1. The predicted octanol–water partition coefficient (Wildman–Crippen LogP) is 1.50. The van der Waals surface area contributed by atoms with Crippen molar-refractivity contribution >= 4 is 33.9 Å². The molecular weight excluding hydrogens is 292 g/mol. The van der Waals surface area contributed by atoms with E-state index in [0.29, 0.717) is 0 Å². The highest BCUT2D eigenvalue weighted by molar-refractivity contribution is 7.19. The average molecular weight is 307 g/mol. The van der Waals surface area contributed by atoms with Gasteiger partial charge in [0, 0.05) is 14.1 Å². The molecule has 3 N–H and O–H groups in total. The number of nitrogens with zero attached hydrogens (tertiary/aromatic N) is 1. The fourth-order valence-corrected chi connectivity index (χ4v) is 2.54. The second-order valence-corrected chi connectivity index (χ2v) is 5.03. The second-order valence-electron chi connectivity index (χ2n) is 4.01. The van der Waals surface area contributed by atoms with Gasteiger partial charge >= 0.3 is 5.97 Å². The zero-order valence-corrected chi connectivity index (χ0v) is 12.0. The van der Waals surface area contributed by atoms with Crippen LogP contribution >= 0.6 is 11.3 Å². The maximum Gasteiger partial charge on any atom is 0.343 e. The van der Waals surface area contributed by atoms with Gasteiger partial charge in [0.25, 0.3) is 12.3 Å². The summed E-state index contributed by atoms with van der Waals surface area (Å²) in [6, 6.07) is 0. The van der Waals surface area contributed by atoms with Crippen LogP contribution in [0.1, 0.15) is 20.0 Å². The van der Waals surface area contributed by atoms with Gasteiger partial charge in [-0.25, -0.2) is 13.6 Å². The lowest BCUT2D eigenvalue weighted by atomic mass is 10.2. The first-order chi connectivity index (χ1) is 9.29. The Kier molecular flexibility index (Phi) is 5.26. The third-order valence-electron chi connectivity index (χ3n) is 2.35. The lowest BCUT2D eigenvalue weighted by Crippen LogP contribution is -2.21. The van der Waals surface area contributed by atoms with Gasteiger partial charge in [-0.2, -0.15) is 0 Å². The number of carbonyl (C=O) groups is 2. The molecular formula is C11H15F2N3O3S. The summed E-state index contributed by atoms with van der Waals surface area (Å²) in [5, 5.41) is 2.50. The number of nitrogens with one attached hydrogen (secondary N) is 1. The molecule has 1 amide bonds. The van der Waals surface area contributed by atoms with Crippen LogP contribution in [-0.4, -0.2) is 51.0 Å². The molecule has 0 bridgehead atoms. The van der Waals surface area contributed by atoms with Gasteiger partial charge in [-0.05, 0) is 0 Å². The summed E-state index contributed by atoms with van der Waals surface area (Å²) in [6.07, 6.45) is -2.60. The number of hydrogen-bond donors (Lipinski definition) is 2. The van der Waals surface area contributed by atoms with Crippen LogP contribution in [0.25, 0.3) is 0 Å². The third kappa shape index (κ3) is 3.35. The van der Waals surface area contributed by atoms with Crippen molar-refractivity contribution in [1.82, 2.24) is 4.90 Å². The number of nitrogens with two attached hydrogens (primary N) is 1. The SMILES string of the molecule is COC(=O)c1c(NCC(F)F)sc(C(=O)N(C)C)c1N. The van der Waals surface area contributed by atoms with E-state index in [0.717, 1.165) is 18.4 Å². The van der Waals surface area contributed by atoms with Gasteiger partial charge in [-0.15, -0.1) is 11.3 Å². The Balaban J connectivity index is 3.24. The molecule has 0 aliphatic carbocycles. The zero-order chi connectivity index (χ0) is 15.4. The number of thiophene rings is 1. The average Bonchev–Trinajstić information content (AvgIpc) is 2.71. The van der Waals surface area contributed by atoms with Crippen LogP contribution in [0.15, 0.2) is 0 Å². The molecule has 0 aromatic carbocycles. The molecule has 0 spiro atoms. The van der Waals surface area contributed by atoms with Gasteiger partial charge in [0.2, 0.25) is 0 Å². The van der Waals surface area contributed by atoms with Crippen LogP contribution < -0.4 is 11.1 Å².